The monoisotopic (exact) mass is 401 g/mol. The van der Waals surface area contributed by atoms with Crippen LogP contribution in [0.2, 0.25) is 0 Å². The van der Waals surface area contributed by atoms with Gasteiger partial charge in [-0.05, 0) is 61.7 Å². The Morgan fingerprint density at radius 2 is 1.55 bits per heavy atom. The van der Waals surface area contributed by atoms with E-state index < -0.39 is 12.0 Å². The molecule has 2 aliphatic rings. The molecule has 1 unspecified atom stereocenters. The number of carbonyl (C=O) groups excluding carboxylic acids is 1. The van der Waals surface area contributed by atoms with Crippen LogP contribution in [-0.2, 0) is 14.3 Å². The zero-order valence-corrected chi connectivity index (χ0v) is 16.6. The van der Waals surface area contributed by atoms with Gasteiger partial charge in [0.2, 0.25) is 0 Å². The summed E-state index contributed by atoms with van der Waals surface area (Å²) in [6, 6.07) is 12.6. The fraction of sp³-hybridized carbons (Fsp3) is 0.435. The number of nitrogens with zero attached hydrogens (tertiary/aromatic N) is 1. The highest BCUT2D eigenvalue weighted by Gasteiger charge is 2.50. The summed E-state index contributed by atoms with van der Waals surface area (Å²) >= 11 is 0. The van der Waals surface area contributed by atoms with Crippen LogP contribution in [0.4, 0.5) is 8.78 Å². The second kappa shape index (κ2) is 8.20. The maximum Gasteiger partial charge on any atom is 0.312 e. The lowest BCUT2D eigenvalue weighted by atomic mass is 9.87. The Hall–Kier alpha value is -2.31. The van der Waals surface area contributed by atoms with Gasteiger partial charge in [0.15, 0.2) is 0 Å². The van der Waals surface area contributed by atoms with Crippen molar-refractivity contribution in [3.63, 3.8) is 0 Å². The van der Waals surface area contributed by atoms with Crippen LogP contribution in [-0.4, -0.2) is 43.2 Å². The van der Waals surface area contributed by atoms with E-state index in [1.165, 1.54) is 31.4 Å². The van der Waals surface area contributed by atoms with Crippen molar-refractivity contribution in [2.24, 2.45) is 5.92 Å². The van der Waals surface area contributed by atoms with Gasteiger partial charge in [0.05, 0.1) is 19.1 Å². The molecular formula is C23H25F2NO3. The van der Waals surface area contributed by atoms with Gasteiger partial charge in [-0.25, -0.2) is 8.78 Å². The van der Waals surface area contributed by atoms with Crippen molar-refractivity contribution in [1.82, 2.24) is 4.90 Å². The summed E-state index contributed by atoms with van der Waals surface area (Å²) in [5.74, 6) is -1.34. The van der Waals surface area contributed by atoms with E-state index in [9.17, 15) is 13.6 Å². The van der Waals surface area contributed by atoms with Crippen molar-refractivity contribution >= 4 is 5.97 Å². The van der Waals surface area contributed by atoms with E-state index in [-0.39, 0.29) is 29.7 Å². The zero-order valence-electron chi connectivity index (χ0n) is 16.6. The molecule has 2 heterocycles. The smallest absolute Gasteiger partial charge is 0.312 e. The molecule has 2 aromatic carbocycles. The van der Waals surface area contributed by atoms with Crippen molar-refractivity contribution in [3.05, 3.63) is 71.3 Å². The summed E-state index contributed by atoms with van der Waals surface area (Å²) in [5.41, 5.74) is 1.51. The van der Waals surface area contributed by atoms with E-state index in [2.05, 4.69) is 4.90 Å². The van der Waals surface area contributed by atoms with Crippen LogP contribution in [0.1, 0.15) is 36.5 Å². The average molecular weight is 401 g/mol. The number of ether oxygens (including phenoxy) is 2. The Bertz CT molecular complexity index is 810. The first-order chi connectivity index (χ1) is 14.0. The molecule has 2 aliphatic heterocycles. The summed E-state index contributed by atoms with van der Waals surface area (Å²) in [7, 11) is 3.45. The normalized spacial score (nSPS) is 26.7. The van der Waals surface area contributed by atoms with Crippen molar-refractivity contribution < 1.29 is 23.0 Å². The quantitative estimate of drug-likeness (QED) is 0.708. The third-order valence-electron chi connectivity index (χ3n) is 6.34. The topological polar surface area (TPSA) is 38.8 Å². The summed E-state index contributed by atoms with van der Waals surface area (Å²) in [5, 5.41) is 0. The molecule has 29 heavy (non-hydrogen) atoms. The van der Waals surface area contributed by atoms with Crippen molar-refractivity contribution in [2.75, 3.05) is 14.2 Å². The van der Waals surface area contributed by atoms with Gasteiger partial charge in [-0.3, -0.25) is 9.69 Å². The third-order valence-corrected chi connectivity index (χ3v) is 6.34. The van der Waals surface area contributed by atoms with Crippen LogP contribution in [0.15, 0.2) is 48.5 Å². The molecule has 0 amide bonds. The number of rotatable bonds is 5. The minimum atomic E-state index is -0.531. The Morgan fingerprint density at radius 3 is 2.07 bits per heavy atom. The van der Waals surface area contributed by atoms with Gasteiger partial charge >= 0.3 is 5.97 Å². The van der Waals surface area contributed by atoms with Crippen LogP contribution >= 0.6 is 0 Å². The molecule has 6 heteroatoms. The number of benzene rings is 2. The summed E-state index contributed by atoms with van der Waals surface area (Å²) in [6.45, 7) is 0. The van der Waals surface area contributed by atoms with Gasteiger partial charge in [-0.1, -0.05) is 24.3 Å². The van der Waals surface area contributed by atoms with E-state index >= 15 is 0 Å². The second-order valence-corrected chi connectivity index (χ2v) is 7.91. The number of piperidine rings is 1. The van der Waals surface area contributed by atoms with Gasteiger partial charge in [0, 0.05) is 12.1 Å². The number of hydrogen-bond donors (Lipinski definition) is 0. The lowest BCUT2D eigenvalue weighted by Gasteiger charge is -2.42. The minimum absolute atomic E-state index is 0.0771. The van der Waals surface area contributed by atoms with E-state index in [0.29, 0.717) is 12.5 Å². The average Bonchev–Trinajstić information content (AvgIpc) is 2.96. The highest BCUT2D eigenvalue weighted by molar-refractivity contribution is 5.74. The standard InChI is InChI=1S/C23H25F2NO3/c1-26-18-11-12-19(26)21(23(27)28-2)20(13-18)29-22(14-3-7-16(24)8-4-14)15-5-9-17(25)10-6-15/h3-10,18-22H,11-13H2,1-2H3/t18-,19-,20+,21?/m0/s1. The Kier molecular flexibility index (Phi) is 5.65. The molecule has 2 aromatic rings. The van der Waals surface area contributed by atoms with Crippen molar-refractivity contribution in [1.29, 1.82) is 0 Å². The molecule has 0 saturated carbocycles. The SMILES string of the molecule is COC(=O)C1[C@H](OC(c2ccc(F)cc2)c2ccc(F)cc2)C[C@@H]2CC[C@@H]1N2C. The maximum absolute atomic E-state index is 13.5. The molecule has 0 N–H and O–H groups in total. The molecule has 2 bridgehead atoms. The molecule has 154 valence electrons. The van der Waals surface area contributed by atoms with E-state index in [1.54, 1.807) is 24.3 Å². The van der Waals surface area contributed by atoms with Crippen molar-refractivity contribution in [2.45, 2.75) is 43.6 Å². The summed E-state index contributed by atoms with van der Waals surface area (Å²) < 4.78 is 38.6. The molecule has 2 saturated heterocycles. The number of fused-ring (bicyclic) bond motifs is 2. The van der Waals surface area contributed by atoms with Gasteiger partial charge in [0.25, 0.3) is 0 Å². The van der Waals surface area contributed by atoms with Crippen LogP contribution in [0.5, 0.6) is 0 Å². The number of esters is 1. The predicted octanol–water partition coefficient (Wildman–Crippen LogP) is 4.10. The van der Waals surface area contributed by atoms with Crippen LogP contribution in [0, 0.1) is 17.6 Å². The van der Waals surface area contributed by atoms with E-state index in [4.69, 9.17) is 9.47 Å². The number of hydrogen-bond acceptors (Lipinski definition) is 4. The Balaban J connectivity index is 1.68. The van der Waals surface area contributed by atoms with Crippen molar-refractivity contribution in [3.8, 4) is 0 Å². The first-order valence-corrected chi connectivity index (χ1v) is 9.94. The fourth-order valence-corrected chi connectivity index (χ4v) is 4.81. The molecule has 4 nitrogen and oxygen atoms in total. The predicted molar refractivity (Wildman–Crippen MR) is 104 cm³/mol. The molecule has 0 aliphatic carbocycles. The Morgan fingerprint density at radius 1 is 1.00 bits per heavy atom. The van der Waals surface area contributed by atoms with Crippen LogP contribution in [0.3, 0.4) is 0 Å². The Labute approximate surface area is 169 Å². The van der Waals surface area contributed by atoms with Gasteiger partial charge in [0.1, 0.15) is 17.7 Å². The van der Waals surface area contributed by atoms with E-state index in [1.807, 2.05) is 7.05 Å². The second-order valence-electron chi connectivity index (χ2n) is 7.91. The number of methoxy groups -OCH3 is 1. The fourth-order valence-electron chi connectivity index (χ4n) is 4.81. The molecule has 0 spiro atoms. The first-order valence-electron chi connectivity index (χ1n) is 9.94. The number of carbonyl (C=O) groups is 1. The largest absolute Gasteiger partial charge is 0.469 e. The van der Waals surface area contributed by atoms with Crippen LogP contribution in [0.25, 0.3) is 0 Å². The summed E-state index contributed by atoms with van der Waals surface area (Å²) in [4.78, 5) is 14.9. The van der Waals surface area contributed by atoms with Gasteiger partial charge in [-0.15, -0.1) is 0 Å². The molecule has 0 aromatic heterocycles. The van der Waals surface area contributed by atoms with Crippen LogP contribution < -0.4 is 0 Å². The lowest BCUT2D eigenvalue weighted by Crippen LogP contribution is -2.53. The maximum atomic E-state index is 13.5. The lowest BCUT2D eigenvalue weighted by molar-refractivity contribution is -0.162. The number of halogens is 2. The molecule has 0 radical (unpaired) electrons. The first kappa shape index (κ1) is 20.0. The summed E-state index contributed by atoms with van der Waals surface area (Å²) in [6.07, 6.45) is 1.80. The third kappa shape index (κ3) is 3.91. The highest BCUT2D eigenvalue weighted by atomic mass is 19.1. The minimum Gasteiger partial charge on any atom is -0.469 e. The van der Waals surface area contributed by atoms with Gasteiger partial charge in [-0.2, -0.15) is 0 Å². The van der Waals surface area contributed by atoms with E-state index in [0.717, 1.165) is 24.0 Å². The molecule has 4 atom stereocenters. The highest BCUT2D eigenvalue weighted by Crippen LogP contribution is 2.42. The zero-order chi connectivity index (χ0) is 20.5. The molecule has 4 rings (SSSR count). The van der Waals surface area contributed by atoms with Gasteiger partial charge < -0.3 is 9.47 Å². The molecular weight excluding hydrogens is 376 g/mol. The molecule has 2 fully saturated rings.